The zero-order valence-electron chi connectivity index (χ0n) is 21.6. The van der Waals surface area contributed by atoms with Crippen LogP contribution in [0.1, 0.15) is 74.4 Å². The minimum absolute atomic E-state index is 0.101. The molecular weight excluding hydrogens is 454 g/mol. The molecule has 1 saturated heterocycles. The van der Waals surface area contributed by atoms with E-state index in [4.69, 9.17) is 14.5 Å². The van der Waals surface area contributed by atoms with Crippen LogP contribution in [0.25, 0.3) is 0 Å². The molecule has 0 saturated carbocycles. The number of unbranched alkanes of at least 4 members (excludes halogenated alkanes) is 2. The number of nitrogens with zero attached hydrogens (tertiary/aromatic N) is 2. The SMILES string of the molecule is CC1(C)CCOc2cccc(C(C(=O)O)N3CC(OCCCCCc4ccc5c(n4)NCCC5)C3)c21. The highest BCUT2D eigenvalue weighted by Gasteiger charge is 2.42. The molecule has 1 atom stereocenters. The molecule has 4 heterocycles. The number of carbonyl (C=O) groups is 1. The molecule has 194 valence electrons. The second-order valence-electron chi connectivity index (χ2n) is 11.0. The molecule has 0 amide bonds. The van der Waals surface area contributed by atoms with E-state index < -0.39 is 12.0 Å². The summed E-state index contributed by atoms with van der Waals surface area (Å²) in [6.45, 7) is 8.06. The molecule has 0 radical (unpaired) electrons. The van der Waals surface area contributed by atoms with Crippen LogP contribution < -0.4 is 10.1 Å². The number of aryl methyl sites for hydroxylation is 2. The summed E-state index contributed by atoms with van der Waals surface area (Å²) in [5.41, 5.74) is 4.28. The van der Waals surface area contributed by atoms with Crippen LogP contribution in [0, 0.1) is 0 Å². The summed E-state index contributed by atoms with van der Waals surface area (Å²) < 4.78 is 11.9. The van der Waals surface area contributed by atoms with Crippen molar-refractivity contribution in [3.63, 3.8) is 0 Å². The third kappa shape index (κ3) is 5.37. The van der Waals surface area contributed by atoms with Crippen molar-refractivity contribution in [2.24, 2.45) is 0 Å². The maximum atomic E-state index is 12.3. The largest absolute Gasteiger partial charge is 0.493 e. The highest BCUT2D eigenvalue weighted by Crippen LogP contribution is 2.44. The van der Waals surface area contributed by atoms with Crippen molar-refractivity contribution >= 4 is 11.8 Å². The summed E-state index contributed by atoms with van der Waals surface area (Å²) in [6.07, 6.45) is 7.51. The Hall–Kier alpha value is -2.64. The molecule has 1 fully saturated rings. The summed E-state index contributed by atoms with van der Waals surface area (Å²) in [7, 11) is 0. The summed E-state index contributed by atoms with van der Waals surface area (Å²) in [6, 6.07) is 9.55. The number of ether oxygens (including phenoxy) is 2. The number of aromatic nitrogens is 1. The van der Waals surface area contributed by atoms with E-state index in [-0.39, 0.29) is 11.5 Å². The van der Waals surface area contributed by atoms with E-state index >= 15 is 0 Å². The monoisotopic (exact) mass is 493 g/mol. The maximum Gasteiger partial charge on any atom is 0.325 e. The summed E-state index contributed by atoms with van der Waals surface area (Å²) in [5.74, 6) is 1.09. The van der Waals surface area contributed by atoms with Gasteiger partial charge in [0.25, 0.3) is 0 Å². The van der Waals surface area contributed by atoms with Gasteiger partial charge >= 0.3 is 5.97 Å². The Labute approximate surface area is 214 Å². The number of anilines is 1. The standard InChI is InChI=1S/C29H39N3O4/c1-29(2)14-17-36-24-11-6-10-23(25(24)29)26(28(33)34)32-18-22(19-32)35-16-5-3-4-9-21-13-12-20-8-7-15-30-27(20)31-21/h6,10-13,22,26H,3-5,7-9,14-19H2,1-2H3,(H,30,31)(H,33,34). The van der Waals surface area contributed by atoms with Gasteiger partial charge in [-0.2, -0.15) is 0 Å². The van der Waals surface area contributed by atoms with Crippen molar-refractivity contribution in [3.05, 3.63) is 52.7 Å². The molecule has 7 heteroatoms. The first kappa shape index (κ1) is 25.0. The molecule has 36 heavy (non-hydrogen) atoms. The van der Waals surface area contributed by atoms with E-state index in [1.54, 1.807) is 0 Å². The van der Waals surface area contributed by atoms with Crippen molar-refractivity contribution in [2.45, 2.75) is 76.4 Å². The highest BCUT2D eigenvalue weighted by molar-refractivity contribution is 5.77. The topological polar surface area (TPSA) is 83.9 Å². The molecule has 3 aliphatic rings. The number of carboxylic acids is 1. The van der Waals surface area contributed by atoms with Crippen LogP contribution in [0.5, 0.6) is 5.75 Å². The number of nitrogens with one attached hydrogen (secondary N) is 1. The number of likely N-dealkylation sites (tertiary alicyclic amines) is 1. The number of hydrogen-bond acceptors (Lipinski definition) is 6. The second-order valence-corrected chi connectivity index (χ2v) is 11.0. The molecule has 1 aromatic carbocycles. The molecule has 1 unspecified atom stereocenters. The van der Waals surface area contributed by atoms with Crippen molar-refractivity contribution in [1.29, 1.82) is 0 Å². The Morgan fingerprint density at radius 3 is 2.94 bits per heavy atom. The van der Waals surface area contributed by atoms with Gasteiger partial charge in [0.15, 0.2) is 0 Å². The molecule has 0 bridgehead atoms. The minimum Gasteiger partial charge on any atom is -0.493 e. The van der Waals surface area contributed by atoms with Gasteiger partial charge in [-0.3, -0.25) is 9.69 Å². The smallest absolute Gasteiger partial charge is 0.325 e. The van der Waals surface area contributed by atoms with Crippen LogP contribution in [-0.2, 0) is 27.8 Å². The van der Waals surface area contributed by atoms with Gasteiger partial charge in [-0.05, 0) is 67.2 Å². The average Bonchev–Trinajstić information content (AvgIpc) is 2.83. The Balaban J connectivity index is 1.07. The minimum atomic E-state index is -0.811. The predicted octanol–water partition coefficient (Wildman–Crippen LogP) is 4.74. The lowest BCUT2D eigenvalue weighted by Crippen LogP contribution is -2.55. The highest BCUT2D eigenvalue weighted by atomic mass is 16.5. The van der Waals surface area contributed by atoms with Crippen LogP contribution in [0.2, 0.25) is 0 Å². The number of hydrogen-bond donors (Lipinski definition) is 2. The average molecular weight is 494 g/mol. The molecule has 1 aromatic heterocycles. The van der Waals surface area contributed by atoms with Crippen LogP contribution >= 0.6 is 0 Å². The molecule has 0 aliphatic carbocycles. The lowest BCUT2D eigenvalue weighted by atomic mass is 9.75. The summed E-state index contributed by atoms with van der Waals surface area (Å²) in [5, 5.41) is 13.5. The number of benzene rings is 1. The van der Waals surface area contributed by atoms with Gasteiger partial charge in [0.2, 0.25) is 0 Å². The molecule has 7 nitrogen and oxygen atoms in total. The van der Waals surface area contributed by atoms with Crippen LogP contribution in [0.4, 0.5) is 5.82 Å². The zero-order valence-corrected chi connectivity index (χ0v) is 21.6. The lowest BCUT2D eigenvalue weighted by Gasteiger charge is -2.44. The third-order valence-corrected chi connectivity index (χ3v) is 7.87. The lowest BCUT2D eigenvalue weighted by molar-refractivity contribution is -0.151. The number of carboxylic acid groups (broad SMARTS) is 1. The van der Waals surface area contributed by atoms with E-state index in [0.717, 1.165) is 80.1 Å². The zero-order chi connectivity index (χ0) is 25.1. The molecule has 2 N–H and O–H groups in total. The predicted molar refractivity (Wildman–Crippen MR) is 140 cm³/mol. The Bertz CT molecular complexity index is 1080. The fourth-order valence-corrected chi connectivity index (χ4v) is 5.78. The van der Waals surface area contributed by atoms with E-state index in [0.29, 0.717) is 19.7 Å². The third-order valence-electron chi connectivity index (χ3n) is 7.87. The maximum absolute atomic E-state index is 12.3. The van der Waals surface area contributed by atoms with E-state index in [1.807, 2.05) is 23.1 Å². The van der Waals surface area contributed by atoms with Gasteiger partial charge in [0, 0.05) is 37.5 Å². The van der Waals surface area contributed by atoms with E-state index in [2.05, 4.69) is 31.3 Å². The number of pyridine rings is 1. The number of fused-ring (bicyclic) bond motifs is 2. The van der Waals surface area contributed by atoms with Gasteiger partial charge < -0.3 is 19.9 Å². The first-order valence-corrected chi connectivity index (χ1v) is 13.5. The van der Waals surface area contributed by atoms with E-state index in [1.165, 1.54) is 12.0 Å². The van der Waals surface area contributed by atoms with Crippen LogP contribution in [-0.4, -0.2) is 59.9 Å². The van der Waals surface area contributed by atoms with Gasteiger partial charge in [0.05, 0.1) is 12.7 Å². The van der Waals surface area contributed by atoms with Crippen molar-refractivity contribution in [1.82, 2.24) is 9.88 Å². The van der Waals surface area contributed by atoms with Crippen molar-refractivity contribution < 1.29 is 19.4 Å². The van der Waals surface area contributed by atoms with Gasteiger partial charge in [-0.25, -0.2) is 4.98 Å². The molecule has 3 aliphatic heterocycles. The van der Waals surface area contributed by atoms with Gasteiger partial charge in [-0.1, -0.05) is 38.5 Å². The first-order chi connectivity index (χ1) is 17.4. The van der Waals surface area contributed by atoms with Crippen molar-refractivity contribution in [2.75, 3.05) is 38.2 Å². The summed E-state index contributed by atoms with van der Waals surface area (Å²) in [4.78, 5) is 19.1. The number of rotatable bonds is 10. The first-order valence-electron chi connectivity index (χ1n) is 13.5. The van der Waals surface area contributed by atoms with Crippen LogP contribution in [0.3, 0.4) is 0 Å². The van der Waals surface area contributed by atoms with Gasteiger partial charge in [0.1, 0.15) is 17.6 Å². The fourth-order valence-electron chi connectivity index (χ4n) is 5.78. The number of aliphatic carboxylic acids is 1. The molecule has 0 spiro atoms. The van der Waals surface area contributed by atoms with Gasteiger partial charge in [-0.15, -0.1) is 0 Å². The normalized spacial score (nSPS) is 19.8. The quantitative estimate of drug-likeness (QED) is 0.463. The second kappa shape index (κ2) is 10.8. The molecular formula is C29H39N3O4. The molecule has 5 rings (SSSR count). The Morgan fingerprint density at radius 2 is 2.11 bits per heavy atom. The molecule has 2 aromatic rings. The summed E-state index contributed by atoms with van der Waals surface area (Å²) >= 11 is 0. The Morgan fingerprint density at radius 1 is 1.25 bits per heavy atom. The fraction of sp³-hybridized carbons (Fsp3) is 0.586. The van der Waals surface area contributed by atoms with Crippen molar-refractivity contribution in [3.8, 4) is 5.75 Å². The Kier molecular flexibility index (Phi) is 7.49. The van der Waals surface area contributed by atoms with Crippen LogP contribution in [0.15, 0.2) is 30.3 Å². The van der Waals surface area contributed by atoms with E-state index in [9.17, 15) is 9.90 Å².